The average molecular weight is 355 g/mol. The number of hydrogen-bond donors (Lipinski definition) is 3. The number of carbonyl (C=O) groups is 2. The Bertz CT molecular complexity index is 845. The molecular formula is C18H17N3O5. The minimum Gasteiger partial charge on any atom is -0.507 e. The Kier molecular flexibility index (Phi) is 6.40. The molecule has 0 heterocycles. The molecule has 0 saturated carbocycles. The summed E-state index contributed by atoms with van der Waals surface area (Å²) in [6.45, 7) is 1.77. The minimum atomic E-state index is -0.662. The number of phenolic OH excluding ortho intramolecular Hbond substituents is 1. The van der Waals surface area contributed by atoms with Gasteiger partial charge in [0, 0.05) is 6.07 Å². The second-order valence-electron chi connectivity index (χ2n) is 5.01. The second kappa shape index (κ2) is 8.94. The van der Waals surface area contributed by atoms with Crippen LogP contribution in [-0.4, -0.2) is 30.1 Å². The number of benzene rings is 2. The van der Waals surface area contributed by atoms with E-state index >= 15 is 0 Å². The molecule has 8 heteroatoms. The number of para-hydroxylation sites is 1. The lowest BCUT2D eigenvalue weighted by molar-refractivity contribution is -0.123. The first kappa shape index (κ1) is 18.6. The fourth-order valence-electron chi connectivity index (χ4n) is 2.00. The highest BCUT2D eigenvalue weighted by Crippen LogP contribution is 2.28. The van der Waals surface area contributed by atoms with Crippen LogP contribution in [0.4, 0.5) is 0 Å². The predicted octanol–water partition coefficient (Wildman–Crippen LogP) is 1.50. The van der Waals surface area contributed by atoms with Crippen LogP contribution in [0.25, 0.3) is 0 Å². The summed E-state index contributed by atoms with van der Waals surface area (Å²) in [5, 5.41) is 18.5. The first-order valence-corrected chi connectivity index (χ1v) is 7.72. The lowest BCUT2D eigenvalue weighted by Gasteiger charge is -2.12. The Hall–Kier alpha value is -3.73. The molecule has 0 bridgehead atoms. The number of carbonyl (C=O) groups excluding carboxylic acids is 2. The van der Waals surface area contributed by atoms with Crippen molar-refractivity contribution in [2.45, 2.75) is 6.92 Å². The van der Waals surface area contributed by atoms with Gasteiger partial charge in [0.25, 0.3) is 11.8 Å². The summed E-state index contributed by atoms with van der Waals surface area (Å²) in [6.07, 6.45) is 0. The largest absolute Gasteiger partial charge is 0.507 e. The number of hydrogen-bond acceptors (Lipinski definition) is 6. The van der Waals surface area contributed by atoms with Gasteiger partial charge in [-0.3, -0.25) is 20.4 Å². The summed E-state index contributed by atoms with van der Waals surface area (Å²) in [4.78, 5) is 23.7. The predicted molar refractivity (Wildman–Crippen MR) is 91.5 cm³/mol. The third-order valence-corrected chi connectivity index (χ3v) is 3.20. The van der Waals surface area contributed by atoms with Gasteiger partial charge in [-0.2, -0.15) is 5.26 Å². The fourth-order valence-corrected chi connectivity index (χ4v) is 2.00. The summed E-state index contributed by atoms with van der Waals surface area (Å²) in [5.74, 6) is -0.828. The molecule has 0 unspecified atom stereocenters. The van der Waals surface area contributed by atoms with Crippen LogP contribution >= 0.6 is 0 Å². The number of nitrogens with one attached hydrogen (secondary N) is 2. The highest BCUT2D eigenvalue weighted by molar-refractivity contribution is 5.97. The topological polar surface area (TPSA) is 121 Å². The third-order valence-electron chi connectivity index (χ3n) is 3.20. The normalized spacial score (nSPS) is 9.69. The Labute approximate surface area is 149 Å². The highest BCUT2D eigenvalue weighted by Gasteiger charge is 2.12. The molecular weight excluding hydrogens is 338 g/mol. The van der Waals surface area contributed by atoms with Crippen molar-refractivity contribution in [3.63, 3.8) is 0 Å². The van der Waals surface area contributed by atoms with E-state index in [1.165, 1.54) is 30.3 Å². The van der Waals surface area contributed by atoms with Gasteiger partial charge in [-0.1, -0.05) is 12.1 Å². The SMILES string of the molecule is CCOc1cc(C#N)ccc1OCC(=O)NNC(=O)c1ccccc1O. The van der Waals surface area contributed by atoms with Gasteiger partial charge in [0.05, 0.1) is 23.8 Å². The molecule has 0 saturated heterocycles. The van der Waals surface area contributed by atoms with Crippen LogP contribution in [0.2, 0.25) is 0 Å². The van der Waals surface area contributed by atoms with Gasteiger partial charge in [-0.25, -0.2) is 0 Å². The zero-order valence-corrected chi connectivity index (χ0v) is 14.0. The molecule has 8 nitrogen and oxygen atoms in total. The first-order chi connectivity index (χ1) is 12.5. The highest BCUT2D eigenvalue weighted by atomic mass is 16.5. The molecule has 2 amide bonds. The lowest BCUT2D eigenvalue weighted by Crippen LogP contribution is -2.43. The van der Waals surface area contributed by atoms with E-state index < -0.39 is 11.8 Å². The Morgan fingerprint density at radius 1 is 1.12 bits per heavy atom. The number of nitriles is 1. The van der Waals surface area contributed by atoms with Crippen LogP contribution in [0.3, 0.4) is 0 Å². The maximum atomic E-state index is 11.9. The number of amides is 2. The smallest absolute Gasteiger partial charge is 0.276 e. The summed E-state index contributed by atoms with van der Waals surface area (Å²) in [7, 11) is 0. The molecule has 2 aromatic carbocycles. The molecule has 0 aliphatic rings. The van der Waals surface area contributed by atoms with Crippen molar-refractivity contribution in [3.05, 3.63) is 53.6 Å². The summed E-state index contributed by atoms with van der Waals surface area (Å²) >= 11 is 0. The van der Waals surface area contributed by atoms with Gasteiger partial charge in [0.15, 0.2) is 18.1 Å². The van der Waals surface area contributed by atoms with Gasteiger partial charge in [-0.05, 0) is 31.2 Å². The number of hydrazine groups is 1. The zero-order chi connectivity index (χ0) is 18.9. The van der Waals surface area contributed by atoms with Crippen LogP contribution in [0.5, 0.6) is 17.2 Å². The van der Waals surface area contributed by atoms with Crippen LogP contribution in [0.15, 0.2) is 42.5 Å². The van der Waals surface area contributed by atoms with Crippen molar-refractivity contribution >= 4 is 11.8 Å². The number of ether oxygens (including phenoxy) is 2. The van der Waals surface area contributed by atoms with Gasteiger partial charge in [0.2, 0.25) is 0 Å². The van der Waals surface area contributed by atoms with Crippen molar-refractivity contribution in [3.8, 4) is 23.3 Å². The van der Waals surface area contributed by atoms with Gasteiger partial charge >= 0.3 is 0 Å². The van der Waals surface area contributed by atoms with Crippen LogP contribution in [0, 0.1) is 11.3 Å². The van der Waals surface area contributed by atoms with Crippen molar-refractivity contribution < 1.29 is 24.2 Å². The van der Waals surface area contributed by atoms with E-state index in [9.17, 15) is 14.7 Å². The van der Waals surface area contributed by atoms with Gasteiger partial charge in [-0.15, -0.1) is 0 Å². The molecule has 2 rings (SSSR count). The number of nitrogens with zero attached hydrogens (tertiary/aromatic N) is 1. The molecule has 0 fully saturated rings. The average Bonchev–Trinajstić information content (AvgIpc) is 2.65. The number of aromatic hydroxyl groups is 1. The molecule has 0 radical (unpaired) electrons. The van der Waals surface area contributed by atoms with E-state index in [2.05, 4.69) is 10.9 Å². The molecule has 134 valence electrons. The Morgan fingerprint density at radius 3 is 2.58 bits per heavy atom. The van der Waals surface area contributed by atoms with E-state index in [4.69, 9.17) is 14.7 Å². The van der Waals surface area contributed by atoms with E-state index in [1.54, 1.807) is 19.1 Å². The molecule has 0 aliphatic heterocycles. The van der Waals surface area contributed by atoms with Gasteiger partial charge < -0.3 is 14.6 Å². The Morgan fingerprint density at radius 2 is 1.88 bits per heavy atom. The molecule has 3 N–H and O–H groups in total. The van der Waals surface area contributed by atoms with Crippen molar-refractivity contribution in [2.75, 3.05) is 13.2 Å². The standard InChI is InChI=1S/C18H17N3O5/c1-2-25-16-9-12(10-19)7-8-15(16)26-11-17(23)20-21-18(24)13-5-3-4-6-14(13)22/h3-9,22H,2,11H2,1H3,(H,20,23)(H,21,24). The molecule has 0 atom stereocenters. The maximum Gasteiger partial charge on any atom is 0.276 e. The molecule has 0 spiro atoms. The number of phenols is 1. The molecule has 0 aromatic heterocycles. The van der Waals surface area contributed by atoms with Crippen LogP contribution in [-0.2, 0) is 4.79 Å². The zero-order valence-electron chi connectivity index (χ0n) is 14.0. The first-order valence-electron chi connectivity index (χ1n) is 7.72. The van der Waals surface area contributed by atoms with Crippen molar-refractivity contribution in [2.24, 2.45) is 0 Å². The van der Waals surface area contributed by atoms with Crippen molar-refractivity contribution in [1.29, 1.82) is 5.26 Å². The van der Waals surface area contributed by atoms with Crippen LogP contribution < -0.4 is 20.3 Å². The molecule has 2 aromatic rings. The lowest BCUT2D eigenvalue weighted by atomic mass is 10.2. The summed E-state index contributed by atoms with van der Waals surface area (Å²) < 4.78 is 10.7. The van der Waals surface area contributed by atoms with E-state index in [-0.39, 0.29) is 17.9 Å². The fraction of sp³-hybridized carbons (Fsp3) is 0.167. The van der Waals surface area contributed by atoms with E-state index in [1.807, 2.05) is 6.07 Å². The Balaban J connectivity index is 1.90. The third kappa shape index (κ3) is 4.88. The van der Waals surface area contributed by atoms with E-state index in [0.717, 1.165) is 0 Å². The molecule has 0 aliphatic carbocycles. The van der Waals surface area contributed by atoms with Crippen LogP contribution in [0.1, 0.15) is 22.8 Å². The second-order valence-corrected chi connectivity index (χ2v) is 5.01. The van der Waals surface area contributed by atoms with E-state index in [0.29, 0.717) is 23.7 Å². The number of rotatable bonds is 6. The van der Waals surface area contributed by atoms with Crippen molar-refractivity contribution in [1.82, 2.24) is 10.9 Å². The van der Waals surface area contributed by atoms with Gasteiger partial charge in [0.1, 0.15) is 5.75 Å². The monoisotopic (exact) mass is 355 g/mol. The minimum absolute atomic E-state index is 0.0273. The maximum absolute atomic E-state index is 11.9. The molecule has 26 heavy (non-hydrogen) atoms. The summed E-state index contributed by atoms with van der Waals surface area (Å²) in [6, 6.07) is 12.5. The summed E-state index contributed by atoms with van der Waals surface area (Å²) in [5.41, 5.74) is 4.80. The quantitative estimate of drug-likeness (QED) is 0.675.